The van der Waals surface area contributed by atoms with Gasteiger partial charge in [0.05, 0.1) is 33.9 Å². The number of aromatic nitrogens is 5. The van der Waals surface area contributed by atoms with Gasteiger partial charge in [-0.05, 0) is 87.8 Å². The molecule has 0 unspecified atom stereocenters. The molecule has 5 aromatic rings. The first-order valence-corrected chi connectivity index (χ1v) is 22.6. The van der Waals surface area contributed by atoms with E-state index in [1.54, 1.807) is 0 Å². The van der Waals surface area contributed by atoms with Gasteiger partial charge in [0.15, 0.2) is 21.3 Å². The Hall–Kier alpha value is -5.27. The fourth-order valence-electron chi connectivity index (χ4n) is 6.96. The lowest BCUT2D eigenvalue weighted by Gasteiger charge is -2.23. The van der Waals surface area contributed by atoms with Crippen molar-refractivity contribution in [1.29, 1.82) is 0 Å². The number of benzene rings is 2. The normalized spacial score (nSPS) is 14.3. The van der Waals surface area contributed by atoms with Crippen LogP contribution in [0.4, 0.5) is 40.9 Å². The molecule has 12 nitrogen and oxygen atoms in total. The molecule has 3 aromatic heterocycles. The number of fused-ring (bicyclic) bond motifs is 2. The number of sulfonamides is 1. The number of nitrogens with one attached hydrogen (secondary N) is 2. The van der Waals surface area contributed by atoms with Crippen LogP contribution in [0.25, 0.3) is 22.0 Å². The number of amides is 1. The highest BCUT2D eigenvalue weighted by atomic mass is 35.5. The lowest BCUT2D eigenvalue weighted by Crippen LogP contribution is -2.34. The van der Waals surface area contributed by atoms with Gasteiger partial charge in [-0.2, -0.15) is 36.5 Å². The minimum absolute atomic E-state index is 0.0532. The highest BCUT2D eigenvalue weighted by Gasteiger charge is 2.40. The van der Waals surface area contributed by atoms with Crippen LogP contribution < -0.4 is 10.0 Å². The summed E-state index contributed by atoms with van der Waals surface area (Å²) in [6.07, 6.45) is -7.34. The molecule has 0 bridgehead atoms. The average Bonchev–Trinajstić information content (AvgIpc) is 3.66. The second kappa shape index (κ2) is 16.8. The number of carbonyl (C=O) groups excluding carboxylic acids is 1. The van der Waals surface area contributed by atoms with Gasteiger partial charge in [0.2, 0.25) is 15.9 Å². The largest absolute Gasteiger partial charge is 0.435 e. The molecular weight excluding hydrogens is 898 g/mol. The number of nitrogens with zero attached hydrogens (tertiary/aromatic N) is 5. The van der Waals surface area contributed by atoms with E-state index in [2.05, 4.69) is 37.1 Å². The smallest absolute Gasteiger partial charge is 0.346 e. The van der Waals surface area contributed by atoms with E-state index in [0.29, 0.717) is 23.6 Å². The molecular formula is C39H36ClF8N7O5S2. The van der Waals surface area contributed by atoms with E-state index in [1.807, 2.05) is 0 Å². The van der Waals surface area contributed by atoms with Crippen molar-refractivity contribution in [2.45, 2.75) is 82.2 Å². The van der Waals surface area contributed by atoms with Gasteiger partial charge in [-0.25, -0.2) is 30.6 Å². The Balaban J connectivity index is 1.60. The number of rotatable bonds is 11. The van der Waals surface area contributed by atoms with Crippen LogP contribution in [0.1, 0.15) is 66.6 Å². The number of anilines is 1. The standard InChI is InChI=1S/C39H36ClF8N7O5S2/c1-37(2,61(3,57)58)14-13-24-9-10-25(26-11-12-28(40)32-34(26)55(20-38(43,44)45)52-36(32)53-62(4,59)60)33(49-24)29(17-21-15-22(41)18-23(42)16-21)50-31(56)19-54-30-8-6-5-7-27(30)35(51-54)39(46,47)48/h9-12,15-16,18,29H,5-8,17,19-20H2,1-4H3,(H,50,56)(H,52,53)/t29-/m0/s1. The van der Waals surface area contributed by atoms with Crippen molar-refractivity contribution in [1.82, 2.24) is 29.9 Å². The molecule has 62 heavy (non-hydrogen) atoms. The summed E-state index contributed by atoms with van der Waals surface area (Å²) in [5.74, 6) is 1.69. The Labute approximate surface area is 355 Å². The van der Waals surface area contributed by atoms with E-state index in [9.17, 15) is 56.8 Å². The van der Waals surface area contributed by atoms with Crippen LogP contribution in [-0.4, -0.2) is 70.7 Å². The quantitative estimate of drug-likeness (QED) is 0.103. The molecule has 2 aromatic carbocycles. The van der Waals surface area contributed by atoms with Gasteiger partial charge in [-0.15, -0.1) is 0 Å². The first-order valence-electron chi connectivity index (χ1n) is 18.5. The van der Waals surface area contributed by atoms with E-state index in [0.717, 1.165) is 29.3 Å². The van der Waals surface area contributed by atoms with Crippen molar-refractivity contribution in [3.63, 3.8) is 0 Å². The zero-order chi connectivity index (χ0) is 45.7. The monoisotopic (exact) mass is 933 g/mol. The van der Waals surface area contributed by atoms with Gasteiger partial charge in [-0.1, -0.05) is 23.6 Å². The number of alkyl halides is 6. The van der Waals surface area contributed by atoms with E-state index >= 15 is 0 Å². The fourth-order valence-corrected chi connectivity index (χ4v) is 7.93. The van der Waals surface area contributed by atoms with Crippen LogP contribution in [-0.2, 0) is 63.2 Å². The number of carbonyl (C=O) groups is 1. The molecule has 0 radical (unpaired) electrons. The van der Waals surface area contributed by atoms with Crippen molar-refractivity contribution in [3.8, 4) is 23.0 Å². The zero-order valence-electron chi connectivity index (χ0n) is 33.1. The van der Waals surface area contributed by atoms with Crippen LogP contribution in [0.15, 0.2) is 42.5 Å². The summed E-state index contributed by atoms with van der Waals surface area (Å²) in [6.45, 7) is 0.108. The molecule has 0 spiro atoms. The molecule has 332 valence electrons. The fraction of sp³-hybridized carbons (Fsp3) is 0.385. The Bertz CT molecular complexity index is 2860. The summed E-state index contributed by atoms with van der Waals surface area (Å²) in [5.41, 5.74) is -2.03. The molecule has 23 heteroatoms. The maximum absolute atomic E-state index is 14.6. The van der Waals surface area contributed by atoms with Crippen molar-refractivity contribution < 1.29 is 56.8 Å². The molecule has 0 saturated carbocycles. The number of hydrogen-bond donors (Lipinski definition) is 2. The van der Waals surface area contributed by atoms with E-state index < -0.39 is 91.6 Å². The third-order valence-corrected chi connectivity index (χ3v) is 12.8. The summed E-state index contributed by atoms with van der Waals surface area (Å²) in [7, 11) is -7.95. The topological polar surface area (TPSA) is 158 Å². The third-order valence-electron chi connectivity index (χ3n) is 9.93. The second-order valence-corrected chi connectivity index (χ2v) is 19.9. The first-order chi connectivity index (χ1) is 28.6. The highest BCUT2D eigenvalue weighted by molar-refractivity contribution is 7.92. The van der Waals surface area contributed by atoms with E-state index in [4.69, 9.17) is 11.6 Å². The highest BCUT2D eigenvalue weighted by Crippen LogP contribution is 2.41. The van der Waals surface area contributed by atoms with E-state index in [-0.39, 0.29) is 68.1 Å². The van der Waals surface area contributed by atoms with Crippen LogP contribution >= 0.6 is 11.6 Å². The summed E-state index contributed by atoms with van der Waals surface area (Å²) in [6, 6.07) is 6.01. The molecule has 6 rings (SSSR count). The molecule has 0 aliphatic heterocycles. The van der Waals surface area contributed by atoms with Crippen LogP contribution in [0.2, 0.25) is 5.02 Å². The Morgan fingerprint density at radius 3 is 2.16 bits per heavy atom. The van der Waals surface area contributed by atoms with Crippen LogP contribution in [0.5, 0.6) is 0 Å². The van der Waals surface area contributed by atoms with Crippen molar-refractivity contribution in [2.75, 3.05) is 17.2 Å². The van der Waals surface area contributed by atoms with Gasteiger partial charge in [0.25, 0.3) is 0 Å². The second-order valence-electron chi connectivity index (χ2n) is 15.2. The van der Waals surface area contributed by atoms with Crippen molar-refractivity contribution in [2.24, 2.45) is 0 Å². The maximum atomic E-state index is 14.6. The Morgan fingerprint density at radius 1 is 0.903 bits per heavy atom. The molecule has 1 atom stereocenters. The van der Waals surface area contributed by atoms with Crippen LogP contribution in [0, 0.1) is 23.5 Å². The average molecular weight is 934 g/mol. The SMILES string of the molecule is CC(C)(C#Cc1ccc(-c2ccc(Cl)c3c(NS(C)(=O)=O)nn(CC(F)(F)F)c23)c([C@H](Cc2cc(F)cc(F)c2)NC(=O)Cn2nc(C(F)(F)F)c3c2CCCC3)n1)S(C)(=O)=O. The first kappa shape index (κ1) is 46.2. The number of pyridine rings is 1. The minimum Gasteiger partial charge on any atom is -0.346 e. The number of sulfone groups is 1. The predicted octanol–water partition coefficient (Wildman–Crippen LogP) is 7.33. The van der Waals surface area contributed by atoms with Crippen molar-refractivity contribution in [3.05, 3.63) is 93.0 Å². The number of hydrogen-bond acceptors (Lipinski definition) is 8. The molecule has 1 amide bonds. The Kier molecular flexibility index (Phi) is 12.5. The molecule has 1 aliphatic rings. The predicted molar refractivity (Wildman–Crippen MR) is 213 cm³/mol. The third kappa shape index (κ3) is 10.5. The molecule has 0 saturated heterocycles. The Morgan fingerprint density at radius 2 is 1.55 bits per heavy atom. The van der Waals surface area contributed by atoms with Gasteiger partial charge >= 0.3 is 12.4 Å². The lowest BCUT2D eigenvalue weighted by molar-refractivity contribution is -0.142. The maximum Gasteiger partial charge on any atom is 0.435 e. The number of halogens is 9. The van der Waals surface area contributed by atoms with Gasteiger partial charge in [0, 0.05) is 34.7 Å². The molecule has 2 N–H and O–H groups in total. The molecule has 1 aliphatic carbocycles. The molecule has 0 fully saturated rings. The summed E-state index contributed by atoms with van der Waals surface area (Å²) < 4.78 is 165. The van der Waals surface area contributed by atoms with Crippen LogP contribution in [0.3, 0.4) is 0 Å². The van der Waals surface area contributed by atoms with Gasteiger partial charge in [0.1, 0.15) is 35.2 Å². The van der Waals surface area contributed by atoms with E-state index in [1.165, 1.54) is 38.1 Å². The summed E-state index contributed by atoms with van der Waals surface area (Å²) in [5, 5.41) is 9.77. The minimum atomic E-state index is -4.93. The zero-order valence-corrected chi connectivity index (χ0v) is 35.5. The van der Waals surface area contributed by atoms with Gasteiger partial charge in [-0.3, -0.25) is 18.9 Å². The summed E-state index contributed by atoms with van der Waals surface area (Å²) >= 11 is 6.49. The summed E-state index contributed by atoms with van der Waals surface area (Å²) in [4.78, 5) is 18.6. The lowest BCUT2D eigenvalue weighted by atomic mass is 9.93. The van der Waals surface area contributed by atoms with Gasteiger partial charge < -0.3 is 5.32 Å². The van der Waals surface area contributed by atoms with Crippen molar-refractivity contribution >= 4 is 54.1 Å². The molecule has 3 heterocycles.